The number of amides is 1. The molecule has 0 heterocycles. The maximum Gasteiger partial charge on any atom is 0.262 e. The fourth-order valence-corrected chi connectivity index (χ4v) is 4.64. The van der Waals surface area contributed by atoms with Crippen molar-refractivity contribution in [2.24, 2.45) is 0 Å². The van der Waals surface area contributed by atoms with Gasteiger partial charge in [-0.15, -0.1) is 0 Å². The molecule has 1 N–H and O–H groups in total. The summed E-state index contributed by atoms with van der Waals surface area (Å²) in [6, 6.07) is 19.3. The second-order valence-corrected chi connectivity index (χ2v) is 9.08. The molecule has 1 amide bonds. The van der Waals surface area contributed by atoms with Gasteiger partial charge in [-0.1, -0.05) is 36.4 Å². The van der Waals surface area contributed by atoms with Crippen molar-refractivity contribution in [3.63, 3.8) is 0 Å². The maximum atomic E-state index is 13.0. The number of rotatable bonds is 7. The molecule has 162 valence electrons. The summed E-state index contributed by atoms with van der Waals surface area (Å²) in [5.74, 6) is 0.412. The molecule has 0 unspecified atom stereocenters. The molecule has 3 rings (SSSR count). The first-order chi connectivity index (χ1) is 14.7. The van der Waals surface area contributed by atoms with Gasteiger partial charge in [0.2, 0.25) is 0 Å². The summed E-state index contributed by atoms with van der Waals surface area (Å²) in [4.78, 5) is 14.6. The minimum atomic E-state index is -3.85. The number of benzene rings is 3. The second-order valence-electron chi connectivity index (χ2n) is 7.43. The predicted octanol–water partition coefficient (Wildman–Crippen LogP) is 4.39. The number of methoxy groups -OCH3 is 1. The van der Waals surface area contributed by atoms with Crippen LogP contribution in [0.1, 0.15) is 27.0 Å². The van der Waals surface area contributed by atoms with Crippen molar-refractivity contribution < 1.29 is 17.9 Å². The topological polar surface area (TPSA) is 75.7 Å². The Morgan fingerprint density at radius 1 is 1.00 bits per heavy atom. The van der Waals surface area contributed by atoms with Gasteiger partial charge in [0.15, 0.2) is 0 Å². The number of aryl methyl sites for hydroxylation is 2. The largest absolute Gasteiger partial charge is 0.496 e. The summed E-state index contributed by atoms with van der Waals surface area (Å²) in [6.07, 6.45) is 0. The molecular formula is C24H26N2O4S. The molecule has 7 heteroatoms. The number of hydrogen-bond donors (Lipinski definition) is 1. The molecule has 0 spiro atoms. The Balaban J connectivity index is 1.86. The number of para-hydroxylation sites is 1. The van der Waals surface area contributed by atoms with Crippen LogP contribution in [0.3, 0.4) is 0 Å². The molecule has 0 fully saturated rings. The highest BCUT2D eigenvalue weighted by molar-refractivity contribution is 7.92. The van der Waals surface area contributed by atoms with E-state index in [-0.39, 0.29) is 10.8 Å². The summed E-state index contributed by atoms with van der Waals surface area (Å²) in [5.41, 5.74) is 3.14. The Morgan fingerprint density at radius 2 is 1.74 bits per heavy atom. The maximum absolute atomic E-state index is 13.0. The van der Waals surface area contributed by atoms with Crippen LogP contribution in [0.5, 0.6) is 5.75 Å². The van der Waals surface area contributed by atoms with Crippen LogP contribution in [0, 0.1) is 13.8 Å². The van der Waals surface area contributed by atoms with Gasteiger partial charge in [0, 0.05) is 30.4 Å². The van der Waals surface area contributed by atoms with E-state index in [9.17, 15) is 13.2 Å². The summed E-state index contributed by atoms with van der Waals surface area (Å²) >= 11 is 0. The molecule has 0 bridgehead atoms. The van der Waals surface area contributed by atoms with Crippen molar-refractivity contribution in [1.29, 1.82) is 0 Å². The smallest absolute Gasteiger partial charge is 0.262 e. The number of nitrogens with zero attached hydrogens (tertiary/aromatic N) is 1. The van der Waals surface area contributed by atoms with Crippen LogP contribution in [-0.2, 0) is 16.6 Å². The Hall–Kier alpha value is -3.32. The zero-order valence-corrected chi connectivity index (χ0v) is 18.9. The highest BCUT2D eigenvalue weighted by Crippen LogP contribution is 2.23. The zero-order valence-electron chi connectivity index (χ0n) is 18.0. The number of carbonyl (C=O) groups is 1. The Morgan fingerprint density at radius 3 is 2.45 bits per heavy atom. The van der Waals surface area contributed by atoms with Gasteiger partial charge >= 0.3 is 0 Å². The zero-order chi connectivity index (χ0) is 22.6. The van der Waals surface area contributed by atoms with Crippen molar-refractivity contribution in [2.75, 3.05) is 18.9 Å². The summed E-state index contributed by atoms with van der Waals surface area (Å²) in [7, 11) is -0.596. The summed E-state index contributed by atoms with van der Waals surface area (Å²) in [5, 5.41) is 0. The van der Waals surface area contributed by atoms with E-state index in [1.807, 2.05) is 37.3 Å². The first-order valence-electron chi connectivity index (χ1n) is 9.79. The minimum Gasteiger partial charge on any atom is -0.496 e. The van der Waals surface area contributed by atoms with Crippen molar-refractivity contribution in [2.45, 2.75) is 25.3 Å². The molecule has 0 aliphatic rings. The van der Waals surface area contributed by atoms with Gasteiger partial charge in [-0.05, 0) is 55.3 Å². The third-order valence-electron chi connectivity index (χ3n) is 4.94. The van der Waals surface area contributed by atoms with Gasteiger partial charge in [-0.3, -0.25) is 9.52 Å². The van der Waals surface area contributed by atoms with Gasteiger partial charge in [-0.25, -0.2) is 8.42 Å². The SMILES string of the molecule is COc1ccccc1CN(C)C(=O)c1ccc(C)c(S(=O)(=O)Nc2cccc(C)c2)c1. The van der Waals surface area contributed by atoms with Crippen molar-refractivity contribution in [1.82, 2.24) is 4.90 Å². The molecule has 31 heavy (non-hydrogen) atoms. The molecule has 0 aliphatic carbocycles. The molecule has 6 nitrogen and oxygen atoms in total. The van der Waals surface area contributed by atoms with E-state index in [0.717, 1.165) is 11.1 Å². The van der Waals surface area contributed by atoms with Crippen LogP contribution in [0.25, 0.3) is 0 Å². The average molecular weight is 439 g/mol. The van der Waals surface area contributed by atoms with Crippen molar-refractivity contribution in [3.8, 4) is 5.75 Å². The molecule has 0 saturated heterocycles. The first-order valence-corrected chi connectivity index (χ1v) is 11.3. The number of nitrogens with one attached hydrogen (secondary N) is 1. The van der Waals surface area contributed by atoms with E-state index < -0.39 is 10.0 Å². The molecular weight excluding hydrogens is 412 g/mol. The predicted molar refractivity (Wildman–Crippen MR) is 122 cm³/mol. The standard InChI is InChI=1S/C24H26N2O4S/c1-17-8-7-10-21(14-17)25-31(28,29)23-15-19(13-12-18(23)2)24(27)26(3)16-20-9-5-6-11-22(20)30-4/h5-15,25H,16H2,1-4H3. The Kier molecular flexibility index (Phi) is 6.65. The number of hydrogen-bond acceptors (Lipinski definition) is 4. The summed E-state index contributed by atoms with van der Waals surface area (Å²) < 4.78 is 33.9. The van der Waals surface area contributed by atoms with Gasteiger partial charge in [0.1, 0.15) is 5.75 Å². The Bertz CT molecular complexity index is 1210. The number of ether oxygens (including phenoxy) is 1. The van der Waals surface area contributed by atoms with Crippen LogP contribution < -0.4 is 9.46 Å². The Labute approximate surface area is 183 Å². The lowest BCUT2D eigenvalue weighted by Gasteiger charge is -2.20. The van der Waals surface area contributed by atoms with Crippen LogP contribution in [0.2, 0.25) is 0 Å². The fraction of sp³-hybridized carbons (Fsp3) is 0.208. The lowest BCUT2D eigenvalue weighted by atomic mass is 10.1. The average Bonchev–Trinajstić information content (AvgIpc) is 2.73. The highest BCUT2D eigenvalue weighted by atomic mass is 32.2. The summed E-state index contributed by atoms with van der Waals surface area (Å²) in [6.45, 7) is 3.93. The van der Waals surface area contributed by atoms with Gasteiger partial charge in [0.25, 0.3) is 15.9 Å². The van der Waals surface area contributed by atoms with E-state index in [1.54, 1.807) is 51.4 Å². The molecule has 0 atom stereocenters. The molecule has 0 aromatic heterocycles. The van der Waals surface area contributed by atoms with Crippen LogP contribution in [-0.4, -0.2) is 33.4 Å². The number of anilines is 1. The van der Waals surface area contributed by atoms with E-state index in [4.69, 9.17) is 4.74 Å². The van der Waals surface area contributed by atoms with Crippen molar-refractivity contribution in [3.05, 3.63) is 89.0 Å². The molecule has 0 saturated carbocycles. The third kappa shape index (κ3) is 5.24. The number of sulfonamides is 1. The molecule has 0 aliphatic heterocycles. The van der Waals surface area contributed by atoms with Gasteiger partial charge in [0.05, 0.1) is 12.0 Å². The second kappa shape index (κ2) is 9.22. The lowest BCUT2D eigenvalue weighted by molar-refractivity contribution is 0.0784. The highest BCUT2D eigenvalue weighted by Gasteiger charge is 2.21. The normalized spacial score (nSPS) is 11.1. The lowest BCUT2D eigenvalue weighted by Crippen LogP contribution is -2.27. The first kappa shape index (κ1) is 22.4. The monoisotopic (exact) mass is 438 g/mol. The van der Waals surface area contributed by atoms with E-state index in [2.05, 4.69) is 4.72 Å². The van der Waals surface area contributed by atoms with E-state index >= 15 is 0 Å². The van der Waals surface area contributed by atoms with E-state index in [0.29, 0.717) is 29.1 Å². The van der Waals surface area contributed by atoms with Crippen LogP contribution in [0.4, 0.5) is 5.69 Å². The number of carbonyl (C=O) groups excluding carboxylic acids is 1. The van der Waals surface area contributed by atoms with Crippen LogP contribution >= 0.6 is 0 Å². The fourth-order valence-electron chi connectivity index (χ4n) is 3.32. The quantitative estimate of drug-likeness (QED) is 0.594. The molecule has 3 aromatic rings. The minimum absolute atomic E-state index is 0.0746. The van der Waals surface area contributed by atoms with E-state index in [1.165, 1.54) is 11.0 Å². The van der Waals surface area contributed by atoms with Gasteiger partial charge in [-0.2, -0.15) is 0 Å². The van der Waals surface area contributed by atoms with Crippen molar-refractivity contribution >= 4 is 21.6 Å². The molecule has 0 radical (unpaired) electrons. The third-order valence-corrected chi connectivity index (χ3v) is 6.46. The van der Waals surface area contributed by atoms with Crippen LogP contribution in [0.15, 0.2) is 71.6 Å². The molecule has 3 aromatic carbocycles. The van der Waals surface area contributed by atoms with Gasteiger partial charge < -0.3 is 9.64 Å².